The first kappa shape index (κ1) is 24.2. The van der Waals surface area contributed by atoms with Crippen LogP contribution in [0, 0.1) is 0 Å². The molecule has 1 amide bonds. The van der Waals surface area contributed by atoms with Crippen molar-refractivity contribution in [3.63, 3.8) is 0 Å². The molecule has 1 heterocycles. The van der Waals surface area contributed by atoms with Crippen LogP contribution in [0.15, 0.2) is 65.3 Å². The molecule has 3 aromatic rings. The molecule has 3 rings (SSSR count). The number of benzene rings is 2. The lowest BCUT2D eigenvalue weighted by Crippen LogP contribution is -2.70. The summed E-state index contributed by atoms with van der Waals surface area (Å²) in [4.78, 5) is 28.4. The number of carbonyl (C=O) groups excluding carboxylic acids is 2. The lowest BCUT2D eigenvalue weighted by atomic mass is 10.1. The summed E-state index contributed by atoms with van der Waals surface area (Å²) < 4.78 is 12.7. The van der Waals surface area contributed by atoms with Gasteiger partial charge < -0.3 is 10.5 Å². The first-order valence-corrected chi connectivity index (χ1v) is 11.0. The van der Waals surface area contributed by atoms with Gasteiger partial charge in [-0.1, -0.05) is 55.8 Å². The SMILES string of the molecule is CCN(CC)CC(=O)OC(C[n+]1cc(N)o[n+]1C(=O)Nc1ccc(Cl)cc1)c1ccccc1. The summed E-state index contributed by atoms with van der Waals surface area (Å²) in [5, 5.41) is 3.27. The highest BCUT2D eigenvalue weighted by Gasteiger charge is 2.35. The summed E-state index contributed by atoms with van der Waals surface area (Å²) >= 11 is 5.90. The zero-order valence-corrected chi connectivity index (χ0v) is 19.4. The number of hydrogen-bond donors (Lipinski definition) is 2. The van der Waals surface area contributed by atoms with Gasteiger partial charge in [0.2, 0.25) is 11.4 Å². The van der Waals surface area contributed by atoms with Crippen molar-refractivity contribution >= 4 is 35.2 Å². The molecule has 0 saturated carbocycles. The van der Waals surface area contributed by atoms with E-state index in [0.717, 1.165) is 23.5 Å². The molecule has 0 fully saturated rings. The molecule has 0 spiro atoms. The number of esters is 1. The maximum absolute atomic E-state index is 12.8. The average Bonchev–Trinajstić information content (AvgIpc) is 3.19. The molecule has 33 heavy (non-hydrogen) atoms. The topological polar surface area (TPSA) is 106 Å². The van der Waals surface area contributed by atoms with Crippen LogP contribution in [-0.4, -0.2) is 36.5 Å². The Bertz CT molecular complexity index is 1070. The van der Waals surface area contributed by atoms with Crippen molar-refractivity contribution in [2.24, 2.45) is 0 Å². The summed E-state index contributed by atoms with van der Waals surface area (Å²) in [6.45, 7) is 5.73. The number of ether oxygens (including phenoxy) is 1. The third-order valence-corrected chi connectivity index (χ3v) is 5.27. The third kappa shape index (κ3) is 6.77. The number of anilines is 2. The lowest BCUT2D eigenvalue weighted by molar-refractivity contribution is -1.27. The van der Waals surface area contributed by atoms with Crippen molar-refractivity contribution < 1.29 is 28.4 Å². The van der Waals surface area contributed by atoms with Gasteiger partial charge in [-0.05, 0) is 42.9 Å². The van der Waals surface area contributed by atoms with Crippen molar-refractivity contribution in [1.82, 2.24) is 4.90 Å². The van der Waals surface area contributed by atoms with Crippen LogP contribution in [0.5, 0.6) is 0 Å². The number of nitrogens with one attached hydrogen (secondary N) is 1. The molecule has 1 aromatic heterocycles. The molecule has 0 aliphatic carbocycles. The van der Waals surface area contributed by atoms with E-state index in [9.17, 15) is 9.59 Å². The van der Waals surface area contributed by atoms with Crippen molar-refractivity contribution in [3.8, 4) is 0 Å². The molecular formula is C23H28ClN5O4+2. The highest BCUT2D eigenvalue weighted by atomic mass is 35.5. The third-order valence-electron chi connectivity index (χ3n) is 5.02. The molecule has 0 radical (unpaired) electrons. The predicted molar refractivity (Wildman–Crippen MR) is 122 cm³/mol. The Labute approximate surface area is 197 Å². The lowest BCUT2D eigenvalue weighted by Gasteiger charge is -2.19. The number of nitrogens with two attached hydrogens (primary N) is 1. The van der Waals surface area contributed by atoms with Gasteiger partial charge in [0, 0.05) is 9.70 Å². The molecule has 9 nitrogen and oxygen atoms in total. The molecule has 0 aliphatic heterocycles. The van der Waals surface area contributed by atoms with Gasteiger partial charge in [0.05, 0.1) is 6.54 Å². The molecular weight excluding hydrogens is 446 g/mol. The summed E-state index contributed by atoms with van der Waals surface area (Å²) in [5.74, 6) is -0.329. The maximum Gasteiger partial charge on any atom is 0.597 e. The van der Waals surface area contributed by atoms with Crippen molar-refractivity contribution in [1.29, 1.82) is 0 Å². The standard InChI is InChI=1S/C23H27ClN5O4/c1-3-27(4-2)16-22(30)32-20(17-8-6-5-7-9-17)14-28-15-21(25)33-29(28)23(31)26-19-12-10-18(24)11-13-19/h5-13,15,20H,3-4,14,16H2,1-2H3,(H2-,25,26,31)/q+1/p+1. The quantitative estimate of drug-likeness (QED) is 0.365. The number of amides is 1. The summed E-state index contributed by atoms with van der Waals surface area (Å²) in [6, 6.07) is 15.4. The number of rotatable bonds is 9. The van der Waals surface area contributed by atoms with Gasteiger partial charge in [0.15, 0.2) is 6.10 Å². The molecule has 2 aromatic carbocycles. The Kier molecular flexibility index (Phi) is 8.39. The van der Waals surface area contributed by atoms with Gasteiger partial charge in [0.25, 0.3) is 6.20 Å². The zero-order valence-electron chi connectivity index (χ0n) is 18.6. The highest BCUT2D eigenvalue weighted by Crippen LogP contribution is 2.18. The second-order valence-corrected chi connectivity index (χ2v) is 7.74. The van der Waals surface area contributed by atoms with E-state index in [1.54, 1.807) is 24.3 Å². The second kappa shape index (κ2) is 11.4. The van der Waals surface area contributed by atoms with E-state index in [4.69, 9.17) is 26.6 Å². The van der Waals surface area contributed by atoms with Gasteiger partial charge in [-0.3, -0.25) is 9.69 Å². The minimum Gasteiger partial charge on any atom is -0.450 e. The minimum absolute atomic E-state index is 0.0301. The Balaban J connectivity index is 1.81. The van der Waals surface area contributed by atoms with Gasteiger partial charge >= 0.3 is 17.9 Å². The normalized spacial score (nSPS) is 11.9. The molecule has 3 N–H and O–H groups in total. The molecule has 0 saturated heterocycles. The van der Waals surface area contributed by atoms with Crippen LogP contribution in [-0.2, 0) is 16.1 Å². The van der Waals surface area contributed by atoms with E-state index >= 15 is 0 Å². The summed E-state index contributed by atoms with van der Waals surface area (Å²) in [6.07, 6.45) is 0.807. The fraction of sp³-hybridized carbons (Fsp3) is 0.304. The number of nitrogens with zero attached hydrogens (tertiary/aromatic N) is 3. The molecule has 174 valence electrons. The second-order valence-electron chi connectivity index (χ2n) is 7.31. The Morgan fingerprint density at radius 2 is 1.79 bits per heavy atom. The van der Waals surface area contributed by atoms with Crippen LogP contribution in [0.25, 0.3) is 0 Å². The van der Waals surface area contributed by atoms with E-state index in [-0.39, 0.29) is 24.9 Å². The van der Waals surface area contributed by atoms with Gasteiger partial charge in [-0.15, -0.1) is 0 Å². The Morgan fingerprint density at radius 1 is 1.12 bits per heavy atom. The van der Waals surface area contributed by atoms with Crippen molar-refractivity contribution in [2.75, 3.05) is 30.7 Å². The van der Waals surface area contributed by atoms with E-state index in [2.05, 4.69) is 5.32 Å². The predicted octanol–water partition coefficient (Wildman–Crippen LogP) is 2.80. The molecule has 10 heteroatoms. The van der Waals surface area contributed by atoms with Gasteiger partial charge in [-0.25, -0.2) is 4.52 Å². The average molecular weight is 474 g/mol. The fourth-order valence-corrected chi connectivity index (χ4v) is 3.36. The Morgan fingerprint density at radius 3 is 2.42 bits per heavy atom. The van der Waals surface area contributed by atoms with Crippen LogP contribution in [0.2, 0.25) is 5.02 Å². The number of hydrogen-bond acceptors (Lipinski definition) is 6. The summed E-state index contributed by atoms with van der Waals surface area (Å²) in [5.41, 5.74) is 7.14. The van der Waals surface area contributed by atoms with Crippen LogP contribution in [0.3, 0.4) is 0 Å². The van der Waals surface area contributed by atoms with Gasteiger partial charge in [0.1, 0.15) is 5.69 Å². The fourth-order valence-electron chi connectivity index (χ4n) is 3.24. The minimum atomic E-state index is -0.661. The van der Waals surface area contributed by atoms with E-state index < -0.39 is 12.1 Å². The first-order chi connectivity index (χ1) is 15.9. The molecule has 1 atom stereocenters. The number of carbonyl (C=O) groups is 2. The van der Waals surface area contributed by atoms with Crippen molar-refractivity contribution in [2.45, 2.75) is 26.5 Å². The number of aromatic nitrogens is 2. The number of halogens is 1. The monoisotopic (exact) mass is 473 g/mol. The van der Waals surface area contributed by atoms with E-state index in [0.29, 0.717) is 10.7 Å². The highest BCUT2D eigenvalue weighted by molar-refractivity contribution is 6.30. The van der Waals surface area contributed by atoms with E-state index in [1.165, 1.54) is 10.9 Å². The zero-order chi connectivity index (χ0) is 23.8. The van der Waals surface area contributed by atoms with Crippen molar-refractivity contribution in [3.05, 3.63) is 71.4 Å². The van der Waals surface area contributed by atoms with Crippen LogP contribution >= 0.6 is 11.6 Å². The van der Waals surface area contributed by atoms with Crippen LogP contribution < -0.4 is 20.6 Å². The molecule has 1 unspecified atom stereocenters. The van der Waals surface area contributed by atoms with E-state index in [1.807, 2.05) is 49.1 Å². The number of nitrogen functional groups attached to an aromatic ring is 1. The number of likely N-dealkylation sites (N-methyl/N-ethyl adjacent to an activating group) is 1. The largest absolute Gasteiger partial charge is 0.597 e. The molecule has 0 aliphatic rings. The molecule has 0 bridgehead atoms. The first-order valence-electron chi connectivity index (χ1n) is 10.6. The maximum atomic E-state index is 12.8. The smallest absolute Gasteiger partial charge is 0.450 e. The summed E-state index contributed by atoms with van der Waals surface area (Å²) in [7, 11) is 0. The Hall–Kier alpha value is -3.43. The van der Waals surface area contributed by atoms with Crippen LogP contribution in [0.4, 0.5) is 16.4 Å². The van der Waals surface area contributed by atoms with Crippen LogP contribution in [0.1, 0.15) is 25.5 Å². The van der Waals surface area contributed by atoms with Gasteiger partial charge in [-0.2, -0.15) is 10.1 Å².